The molecule has 0 amide bonds. The number of aliphatic hydroxyl groups is 1. The maximum absolute atomic E-state index is 8.70. The zero-order valence-electron chi connectivity index (χ0n) is 7.71. The van der Waals surface area contributed by atoms with Gasteiger partial charge in [0.1, 0.15) is 0 Å². The molecule has 3 N–H and O–H groups in total. The van der Waals surface area contributed by atoms with Crippen molar-refractivity contribution in [1.82, 2.24) is 4.90 Å². The lowest BCUT2D eigenvalue weighted by Gasteiger charge is -2.34. The van der Waals surface area contributed by atoms with Gasteiger partial charge in [-0.15, -0.1) is 0 Å². The number of hydrogen-bond acceptors (Lipinski definition) is 3. The molecular formula is C9H20N2O. The highest BCUT2D eigenvalue weighted by Crippen LogP contribution is 2.15. The summed E-state index contributed by atoms with van der Waals surface area (Å²) in [5.41, 5.74) is 5.66. The number of hydrogen-bond donors (Lipinski definition) is 2. The molecule has 1 atom stereocenters. The van der Waals surface area contributed by atoms with Gasteiger partial charge in [-0.1, -0.05) is 6.42 Å². The smallest absolute Gasteiger partial charge is 0.0443 e. The van der Waals surface area contributed by atoms with Gasteiger partial charge in [-0.2, -0.15) is 0 Å². The van der Waals surface area contributed by atoms with E-state index in [-0.39, 0.29) is 0 Å². The van der Waals surface area contributed by atoms with Gasteiger partial charge >= 0.3 is 0 Å². The van der Waals surface area contributed by atoms with Gasteiger partial charge in [0.25, 0.3) is 0 Å². The Morgan fingerprint density at radius 3 is 2.92 bits per heavy atom. The molecule has 72 valence electrons. The maximum Gasteiger partial charge on any atom is 0.0443 e. The van der Waals surface area contributed by atoms with E-state index in [1.165, 1.54) is 25.8 Å². The van der Waals surface area contributed by atoms with Crippen molar-refractivity contribution in [3.63, 3.8) is 0 Å². The zero-order chi connectivity index (χ0) is 8.81. The van der Waals surface area contributed by atoms with Gasteiger partial charge in [-0.05, 0) is 25.8 Å². The number of nitrogens with zero attached hydrogens (tertiary/aromatic N) is 1. The Kier molecular flexibility index (Phi) is 4.58. The fourth-order valence-electron chi connectivity index (χ4n) is 1.90. The summed E-state index contributed by atoms with van der Waals surface area (Å²) in [5.74, 6) is 0. The lowest BCUT2D eigenvalue weighted by Crippen LogP contribution is -2.44. The van der Waals surface area contributed by atoms with E-state index in [1.807, 2.05) is 0 Å². The summed E-state index contributed by atoms with van der Waals surface area (Å²) in [4.78, 5) is 2.42. The topological polar surface area (TPSA) is 49.5 Å². The van der Waals surface area contributed by atoms with Crippen LogP contribution in [-0.4, -0.2) is 42.3 Å². The molecule has 0 radical (unpaired) electrons. The van der Waals surface area contributed by atoms with E-state index >= 15 is 0 Å². The Balaban J connectivity index is 2.26. The van der Waals surface area contributed by atoms with Crippen LogP contribution in [0.3, 0.4) is 0 Å². The minimum atomic E-state index is 0.299. The molecule has 1 aliphatic rings. The first-order valence-electron chi connectivity index (χ1n) is 4.93. The second-order valence-electron chi connectivity index (χ2n) is 3.50. The van der Waals surface area contributed by atoms with Crippen LogP contribution in [0.2, 0.25) is 0 Å². The molecule has 0 unspecified atom stereocenters. The fraction of sp³-hybridized carbons (Fsp3) is 1.00. The monoisotopic (exact) mass is 172 g/mol. The van der Waals surface area contributed by atoms with Crippen LogP contribution in [0.25, 0.3) is 0 Å². The number of likely N-dealkylation sites (tertiary alicyclic amines) is 1. The third-order valence-corrected chi connectivity index (χ3v) is 2.62. The van der Waals surface area contributed by atoms with E-state index in [2.05, 4.69) is 4.90 Å². The van der Waals surface area contributed by atoms with Crippen molar-refractivity contribution in [2.45, 2.75) is 31.7 Å². The standard InChI is InChI=1S/C9H20N2O/c10-8-9-4-1-2-5-11(9)6-3-7-12/h9,12H,1-8,10H2/t9-/m0/s1. The first kappa shape index (κ1) is 9.96. The average molecular weight is 172 g/mol. The molecule has 0 aliphatic carbocycles. The Bertz CT molecular complexity index is 119. The van der Waals surface area contributed by atoms with Crippen LogP contribution in [0, 0.1) is 0 Å². The molecule has 1 fully saturated rings. The summed E-state index contributed by atoms with van der Waals surface area (Å²) in [6.45, 7) is 3.25. The van der Waals surface area contributed by atoms with Gasteiger partial charge in [-0.3, -0.25) is 4.90 Å². The van der Waals surface area contributed by atoms with Crippen molar-refractivity contribution in [2.24, 2.45) is 5.73 Å². The van der Waals surface area contributed by atoms with Crippen molar-refractivity contribution in [2.75, 3.05) is 26.2 Å². The number of nitrogens with two attached hydrogens (primary N) is 1. The van der Waals surface area contributed by atoms with Gasteiger partial charge < -0.3 is 10.8 Å². The third kappa shape index (κ3) is 2.73. The van der Waals surface area contributed by atoms with E-state index in [9.17, 15) is 0 Å². The molecular weight excluding hydrogens is 152 g/mol. The Morgan fingerprint density at radius 2 is 2.25 bits per heavy atom. The Hall–Kier alpha value is -0.120. The number of piperidine rings is 1. The van der Waals surface area contributed by atoms with Gasteiger partial charge in [0, 0.05) is 25.7 Å². The molecule has 3 nitrogen and oxygen atoms in total. The van der Waals surface area contributed by atoms with Crippen LogP contribution in [0.5, 0.6) is 0 Å². The van der Waals surface area contributed by atoms with Crippen molar-refractivity contribution in [3.8, 4) is 0 Å². The molecule has 1 saturated heterocycles. The molecule has 0 saturated carbocycles. The molecule has 0 aromatic heterocycles. The summed E-state index contributed by atoms with van der Waals surface area (Å²) < 4.78 is 0. The summed E-state index contributed by atoms with van der Waals surface area (Å²) >= 11 is 0. The van der Waals surface area contributed by atoms with E-state index in [1.54, 1.807) is 0 Å². The highest BCUT2D eigenvalue weighted by atomic mass is 16.3. The quantitative estimate of drug-likeness (QED) is 0.636. The van der Waals surface area contributed by atoms with Crippen molar-refractivity contribution in [3.05, 3.63) is 0 Å². The molecule has 12 heavy (non-hydrogen) atoms. The summed E-state index contributed by atoms with van der Waals surface area (Å²) in [6, 6.07) is 0.574. The SMILES string of the molecule is NC[C@@H]1CCCCN1CCCO. The molecule has 1 rings (SSSR count). The van der Waals surface area contributed by atoms with Gasteiger partial charge in [0.2, 0.25) is 0 Å². The number of aliphatic hydroxyl groups excluding tert-OH is 1. The molecule has 3 heteroatoms. The Morgan fingerprint density at radius 1 is 1.42 bits per heavy atom. The molecule has 0 aromatic rings. The van der Waals surface area contributed by atoms with Crippen LogP contribution < -0.4 is 5.73 Å². The minimum absolute atomic E-state index is 0.299. The molecule has 0 spiro atoms. The Labute approximate surface area is 74.5 Å². The summed E-state index contributed by atoms with van der Waals surface area (Å²) in [7, 11) is 0. The van der Waals surface area contributed by atoms with Crippen LogP contribution in [-0.2, 0) is 0 Å². The van der Waals surface area contributed by atoms with Gasteiger partial charge in [0.15, 0.2) is 0 Å². The van der Waals surface area contributed by atoms with Crippen LogP contribution in [0.15, 0.2) is 0 Å². The van der Waals surface area contributed by atoms with E-state index in [0.717, 1.165) is 19.5 Å². The van der Waals surface area contributed by atoms with E-state index in [4.69, 9.17) is 10.8 Å². The van der Waals surface area contributed by atoms with E-state index < -0.39 is 0 Å². The van der Waals surface area contributed by atoms with Gasteiger partial charge in [-0.25, -0.2) is 0 Å². The lowest BCUT2D eigenvalue weighted by molar-refractivity contribution is 0.139. The zero-order valence-corrected chi connectivity index (χ0v) is 7.71. The highest BCUT2D eigenvalue weighted by Gasteiger charge is 2.19. The van der Waals surface area contributed by atoms with Crippen LogP contribution in [0.4, 0.5) is 0 Å². The first-order valence-corrected chi connectivity index (χ1v) is 4.93. The molecule has 1 heterocycles. The highest BCUT2D eigenvalue weighted by molar-refractivity contribution is 4.77. The minimum Gasteiger partial charge on any atom is -0.396 e. The van der Waals surface area contributed by atoms with Crippen molar-refractivity contribution >= 4 is 0 Å². The number of rotatable bonds is 4. The molecule has 0 aromatic carbocycles. The molecule has 1 aliphatic heterocycles. The maximum atomic E-state index is 8.70. The molecule has 0 bridgehead atoms. The average Bonchev–Trinajstić information content (AvgIpc) is 2.15. The third-order valence-electron chi connectivity index (χ3n) is 2.62. The van der Waals surface area contributed by atoms with Crippen LogP contribution in [0.1, 0.15) is 25.7 Å². The van der Waals surface area contributed by atoms with Gasteiger partial charge in [0.05, 0.1) is 0 Å². The normalized spacial score (nSPS) is 26.0. The largest absolute Gasteiger partial charge is 0.396 e. The summed E-state index contributed by atoms with van der Waals surface area (Å²) in [5, 5.41) is 8.70. The van der Waals surface area contributed by atoms with Crippen LogP contribution >= 0.6 is 0 Å². The van der Waals surface area contributed by atoms with Crippen molar-refractivity contribution in [1.29, 1.82) is 0 Å². The first-order chi connectivity index (χ1) is 5.88. The second-order valence-corrected chi connectivity index (χ2v) is 3.50. The fourth-order valence-corrected chi connectivity index (χ4v) is 1.90. The lowest BCUT2D eigenvalue weighted by atomic mass is 10.0. The van der Waals surface area contributed by atoms with Crippen molar-refractivity contribution < 1.29 is 5.11 Å². The second kappa shape index (κ2) is 5.51. The predicted molar refractivity (Wildman–Crippen MR) is 50.0 cm³/mol. The predicted octanol–water partition coefficient (Wildman–Crippen LogP) is 0.182. The summed E-state index contributed by atoms with van der Waals surface area (Å²) in [6.07, 6.45) is 4.73. The van der Waals surface area contributed by atoms with E-state index in [0.29, 0.717) is 12.6 Å².